The van der Waals surface area contributed by atoms with Gasteiger partial charge in [0.1, 0.15) is 12.3 Å². The zero-order valence-corrected chi connectivity index (χ0v) is 8.86. The molecule has 15 heavy (non-hydrogen) atoms. The van der Waals surface area contributed by atoms with Crippen LogP contribution < -0.4 is 5.32 Å². The third-order valence-electron chi connectivity index (χ3n) is 2.92. The zero-order chi connectivity index (χ0) is 10.8. The van der Waals surface area contributed by atoms with Gasteiger partial charge in [0.25, 0.3) is 0 Å². The highest BCUT2D eigenvalue weighted by molar-refractivity contribution is 5.90. The predicted molar refractivity (Wildman–Crippen MR) is 52.9 cm³/mol. The molecule has 0 aromatic rings. The lowest BCUT2D eigenvalue weighted by molar-refractivity contribution is -0.154. The third-order valence-corrected chi connectivity index (χ3v) is 2.92. The van der Waals surface area contributed by atoms with Crippen molar-refractivity contribution in [1.82, 2.24) is 10.2 Å². The van der Waals surface area contributed by atoms with Crippen molar-refractivity contribution in [2.45, 2.75) is 38.5 Å². The van der Waals surface area contributed by atoms with E-state index >= 15 is 0 Å². The van der Waals surface area contributed by atoms with Crippen LogP contribution in [0.4, 0.5) is 0 Å². The van der Waals surface area contributed by atoms with Crippen LogP contribution in [-0.2, 0) is 14.3 Å². The van der Waals surface area contributed by atoms with Gasteiger partial charge in [-0.1, -0.05) is 0 Å². The summed E-state index contributed by atoms with van der Waals surface area (Å²) >= 11 is 0. The van der Waals surface area contributed by atoms with E-state index in [2.05, 4.69) is 5.32 Å². The summed E-state index contributed by atoms with van der Waals surface area (Å²) in [6.45, 7) is 3.31. The second-order valence-corrected chi connectivity index (χ2v) is 4.01. The number of hydrogen-bond acceptors (Lipinski definition) is 3. The molecule has 2 saturated heterocycles. The molecule has 1 N–H and O–H groups in total. The van der Waals surface area contributed by atoms with Gasteiger partial charge in [-0.3, -0.25) is 9.59 Å². The van der Waals surface area contributed by atoms with E-state index in [1.54, 1.807) is 4.90 Å². The molecule has 0 saturated carbocycles. The van der Waals surface area contributed by atoms with Gasteiger partial charge >= 0.3 is 0 Å². The molecule has 2 unspecified atom stereocenters. The second kappa shape index (κ2) is 4.18. The van der Waals surface area contributed by atoms with E-state index in [-0.39, 0.29) is 24.1 Å². The number of amides is 2. The van der Waals surface area contributed by atoms with Crippen LogP contribution in [0.1, 0.15) is 26.2 Å². The Bertz CT molecular complexity index is 280. The van der Waals surface area contributed by atoms with Gasteiger partial charge in [-0.25, -0.2) is 0 Å². The summed E-state index contributed by atoms with van der Waals surface area (Å²) < 4.78 is 5.39. The normalized spacial score (nSPS) is 31.5. The van der Waals surface area contributed by atoms with Crippen LogP contribution in [0.2, 0.25) is 0 Å². The number of rotatable bonds is 1. The first-order chi connectivity index (χ1) is 7.18. The van der Waals surface area contributed by atoms with Crippen molar-refractivity contribution in [2.75, 3.05) is 13.2 Å². The summed E-state index contributed by atoms with van der Waals surface area (Å²) in [4.78, 5) is 24.7. The Hall–Kier alpha value is -1.10. The van der Waals surface area contributed by atoms with Gasteiger partial charge in [0.15, 0.2) is 0 Å². The second-order valence-electron chi connectivity index (χ2n) is 4.01. The molecule has 2 atom stereocenters. The highest BCUT2D eigenvalue weighted by Crippen LogP contribution is 2.15. The van der Waals surface area contributed by atoms with Crippen molar-refractivity contribution < 1.29 is 14.3 Å². The Labute approximate surface area is 88.8 Å². The van der Waals surface area contributed by atoms with Crippen molar-refractivity contribution in [2.24, 2.45) is 0 Å². The van der Waals surface area contributed by atoms with Crippen molar-refractivity contribution in [1.29, 1.82) is 0 Å². The molecule has 2 aliphatic heterocycles. The number of hydrogen-bond donors (Lipinski definition) is 1. The van der Waals surface area contributed by atoms with Gasteiger partial charge < -0.3 is 15.0 Å². The minimum Gasteiger partial charge on any atom is -0.359 e. The van der Waals surface area contributed by atoms with Crippen molar-refractivity contribution in [3.63, 3.8) is 0 Å². The fraction of sp³-hybridized carbons (Fsp3) is 0.800. The van der Waals surface area contributed by atoms with E-state index < -0.39 is 0 Å². The predicted octanol–water partition coefficient (Wildman–Crippen LogP) is -0.140. The summed E-state index contributed by atoms with van der Waals surface area (Å²) in [6.07, 6.45) is 1.78. The first kappa shape index (κ1) is 10.4. The molecule has 0 spiro atoms. The molecular weight excluding hydrogens is 196 g/mol. The molecule has 5 heteroatoms. The first-order valence-electron chi connectivity index (χ1n) is 5.40. The Morgan fingerprint density at radius 1 is 1.60 bits per heavy atom. The number of nitrogens with zero attached hydrogens (tertiary/aromatic N) is 1. The van der Waals surface area contributed by atoms with Crippen LogP contribution in [-0.4, -0.2) is 42.1 Å². The third kappa shape index (κ3) is 2.12. The minimum atomic E-state index is -0.332. The largest absolute Gasteiger partial charge is 0.359 e. The Morgan fingerprint density at radius 3 is 3.00 bits per heavy atom. The van der Waals surface area contributed by atoms with Crippen molar-refractivity contribution in [3.8, 4) is 0 Å². The SMILES string of the molecule is CC1OCCCN1C(=O)C1CCC(=O)N1. The molecular formula is C10H16N2O3. The number of ether oxygens (including phenoxy) is 1. The van der Waals surface area contributed by atoms with E-state index in [9.17, 15) is 9.59 Å². The van der Waals surface area contributed by atoms with Crippen LogP contribution in [0.5, 0.6) is 0 Å². The fourth-order valence-electron chi connectivity index (χ4n) is 2.05. The maximum atomic E-state index is 12.0. The molecule has 0 bridgehead atoms. The molecule has 0 aromatic heterocycles. The molecule has 84 valence electrons. The number of carbonyl (C=O) groups excluding carboxylic acids is 2. The molecule has 0 radical (unpaired) electrons. The van der Waals surface area contributed by atoms with E-state index in [0.29, 0.717) is 19.4 Å². The van der Waals surface area contributed by atoms with Gasteiger partial charge in [0, 0.05) is 13.0 Å². The Morgan fingerprint density at radius 2 is 2.40 bits per heavy atom. The van der Waals surface area contributed by atoms with Crippen molar-refractivity contribution in [3.05, 3.63) is 0 Å². The number of nitrogens with one attached hydrogen (secondary N) is 1. The van der Waals surface area contributed by atoms with E-state index in [4.69, 9.17) is 4.74 Å². The van der Waals surface area contributed by atoms with Crippen molar-refractivity contribution >= 4 is 11.8 Å². The summed E-state index contributed by atoms with van der Waals surface area (Å²) in [5, 5.41) is 2.69. The van der Waals surface area contributed by atoms with E-state index in [1.807, 2.05) is 6.92 Å². The van der Waals surface area contributed by atoms with Gasteiger partial charge in [0.2, 0.25) is 11.8 Å². The van der Waals surface area contributed by atoms with Gasteiger partial charge in [-0.2, -0.15) is 0 Å². The van der Waals surface area contributed by atoms with Crippen LogP contribution in [0, 0.1) is 0 Å². The monoisotopic (exact) mass is 212 g/mol. The molecule has 2 amide bonds. The lowest BCUT2D eigenvalue weighted by Gasteiger charge is -2.34. The first-order valence-corrected chi connectivity index (χ1v) is 5.40. The van der Waals surface area contributed by atoms with Gasteiger partial charge in [0.05, 0.1) is 6.61 Å². The highest BCUT2D eigenvalue weighted by Gasteiger charge is 2.33. The maximum absolute atomic E-state index is 12.0. The molecule has 2 fully saturated rings. The van der Waals surface area contributed by atoms with Crippen LogP contribution in [0.25, 0.3) is 0 Å². The van der Waals surface area contributed by atoms with Crippen LogP contribution >= 0.6 is 0 Å². The van der Waals surface area contributed by atoms with Crippen LogP contribution in [0.15, 0.2) is 0 Å². The smallest absolute Gasteiger partial charge is 0.247 e. The number of carbonyl (C=O) groups is 2. The molecule has 2 heterocycles. The topological polar surface area (TPSA) is 58.6 Å². The summed E-state index contributed by atoms with van der Waals surface area (Å²) in [6, 6.07) is -0.332. The van der Waals surface area contributed by atoms with Gasteiger partial charge in [-0.15, -0.1) is 0 Å². The zero-order valence-electron chi connectivity index (χ0n) is 8.86. The quantitative estimate of drug-likeness (QED) is 0.658. The van der Waals surface area contributed by atoms with E-state index in [1.165, 1.54) is 0 Å². The maximum Gasteiger partial charge on any atom is 0.247 e. The molecule has 2 rings (SSSR count). The summed E-state index contributed by atoms with van der Waals surface area (Å²) in [5.41, 5.74) is 0. The molecule has 2 aliphatic rings. The fourth-order valence-corrected chi connectivity index (χ4v) is 2.05. The average Bonchev–Trinajstić information content (AvgIpc) is 2.65. The lowest BCUT2D eigenvalue weighted by atomic mass is 10.2. The minimum absolute atomic E-state index is 0.00644. The van der Waals surface area contributed by atoms with Gasteiger partial charge in [-0.05, 0) is 19.8 Å². The molecule has 0 aromatic carbocycles. The highest BCUT2D eigenvalue weighted by atomic mass is 16.5. The lowest BCUT2D eigenvalue weighted by Crippen LogP contribution is -2.51. The summed E-state index contributed by atoms with van der Waals surface area (Å²) in [7, 11) is 0. The Balaban J connectivity index is 1.97. The van der Waals surface area contributed by atoms with Crippen LogP contribution in [0.3, 0.4) is 0 Å². The molecule has 5 nitrogen and oxygen atoms in total. The summed E-state index contributed by atoms with van der Waals surface area (Å²) in [5.74, 6) is -0.0352. The standard InChI is InChI=1S/C10H16N2O3/c1-7-12(5-2-6-15-7)10(14)8-3-4-9(13)11-8/h7-8H,2-6H2,1H3,(H,11,13). The van der Waals surface area contributed by atoms with E-state index in [0.717, 1.165) is 13.0 Å². The Kier molecular flexibility index (Phi) is 2.90. The molecule has 0 aliphatic carbocycles. The average molecular weight is 212 g/mol.